The molecule has 0 fully saturated rings. The molecule has 1 amide bonds. The van der Waals surface area contributed by atoms with Crippen molar-refractivity contribution in [3.63, 3.8) is 0 Å². The Bertz CT molecular complexity index is 1360. The molecule has 10 heteroatoms. The lowest BCUT2D eigenvalue weighted by Crippen LogP contribution is -2.19. The lowest BCUT2D eigenvalue weighted by Gasteiger charge is -2.23. The van der Waals surface area contributed by atoms with Gasteiger partial charge >= 0.3 is 0 Å². The van der Waals surface area contributed by atoms with Gasteiger partial charge in [-0.05, 0) is 31.2 Å². The fourth-order valence-corrected chi connectivity index (χ4v) is 6.40. The molecule has 2 bridgehead atoms. The topological polar surface area (TPSA) is 119 Å². The lowest BCUT2D eigenvalue weighted by atomic mass is 10.0. The summed E-state index contributed by atoms with van der Waals surface area (Å²) in [6.07, 6.45) is 1.72. The van der Waals surface area contributed by atoms with E-state index in [4.69, 9.17) is 10.5 Å². The number of fused-ring (bicyclic) bond motifs is 7. The number of halogens is 1. The third-order valence-electron chi connectivity index (χ3n) is 5.67. The van der Waals surface area contributed by atoms with Crippen LogP contribution in [-0.2, 0) is 29.0 Å². The summed E-state index contributed by atoms with van der Waals surface area (Å²) in [5.74, 6) is -0.0894. The SMILES string of the molecule is CC.CC1Oc2cc(cnc2N)-c2c(nn(C)c2C#N)CC2CC(=O)N=S2c2ccc(F)cc21. The number of pyridine rings is 1. The molecule has 0 radical (unpaired) electrons. The van der Waals surface area contributed by atoms with Crippen LogP contribution in [0.4, 0.5) is 10.2 Å². The summed E-state index contributed by atoms with van der Waals surface area (Å²) in [4.78, 5) is 17.4. The molecule has 2 N–H and O–H groups in total. The predicted octanol–water partition coefficient (Wildman–Crippen LogP) is 4.26. The van der Waals surface area contributed by atoms with Crippen molar-refractivity contribution in [3.05, 3.63) is 53.2 Å². The summed E-state index contributed by atoms with van der Waals surface area (Å²) in [5, 5.41) is 14.2. The standard InChI is InChI=1S/C22H19FN6O2S.C2H6/c1-11-15-6-13(23)3-4-19(15)32-14(8-20(30)28-32)7-16-21(17(9-24)29(2)27-16)12-5-18(31-11)22(25)26-10-12;1-2/h3-6,10-11,14H,7-8H2,1-2H3,(H2,25,26);1-2H3. The van der Waals surface area contributed by atoms with Crippen molar-refractivity contribution in [2.24, 2.45) is 11.4 Å². The molecule has 0 spiro atoms. The van der Waals surface area contributed by atoms with Crippen LogP contribution in [0.1, 0.15) is 50.2 Å². The van der Waals surface area contributed by atoms with E-state index < -0.39 is 22.6 Å². The molecule has 5 rings (SSSR count). The number of hydrogen-bond donors (Lipinski definition) is 1. The molecule has 8 nitrogen and oxygen atoms in total. The summed E-state index contributed by atoms with van der Waals surface area (Å²) in [6, 6.07) is 8.40. The number of nitrogens with zero attached hydrogens (tertiary/aromatic N) is 5. The van der Waals surface area contributed by atoms with Crippen LogP contribution in [0.3, 0.4) is 0 Å². The van der Waals surface area contributed by atoms with Crippen molar-refractivity contribution in [3.8, 4) is 22.9 Å². The highest BCUT2D eigenvalue weighted by Gasteiger charge is 2.33. The highest BCUT2D eigenvalue weighted by molar-refractivity contribution is 7.88. The molecule has 3 aromatic rings. The van der Waals surface area contributed by atoms with E-state index in [0.717, 1.165) is 4.90 Å². The molecule has 3 unspecified atom stereocenters. The molecule has 2 aliphatic rings. The number of aryl methyl sites for hydroxylation is 1. The van der Waals surface area contributed by atoms with E-state index >= 15 is 0 Å². The van der Waals surface area contributed by atoms with Gasteiger partial charge in [-0.25, -0.2) is 9.37 Å². The molecule has 0 saturated heterocycles. The Labute approximate surface area is 199 Å². The van der Waals surface area contributed by atoms with Gasteiger partial charge in [0.05, 0.1) is 5.69 Å². The van der Waals surface area contributed by atoms with Crippen LogP contribution >= 0.6 is 0 Å². The van der Waals surface area contributed by atoms with E-state index in [0.29, 0.717) is 40.2 Å². The van der Waals surface area contributed by atoms with Gasteiger partial charge in [0.1, 0.15) is 23.7 Å². The van der Waals surface area contributed by atoms with Crippen molar-refractivity contribution < 1.29 is 13.9 Å². The fourth-order valence-electron chi connectivity index (χ4n) is 4.21. The number of aromatic nitrogens is 3. The average molecular weight is 481 g/mol. The normalized spacial score (nSPS) is 20.6. The molecule has 176 valence electrons. The van der Waals surface area contributed by atoms with Crippen LogP contribution < -0.4 is 10.5 Å². The van der Waals surface area contributed by atoms with E-state index in [9.17, 15) is 14.4 Å². The summed E-state index contributed by atoms with van der Waals surface area (Å²) in [6.45, 7) is 5.79. The summed E-state index contributed by atoms with van der Waals surface area (Å²) in [7, 11) is 0.899. The number of nitrogen functional groups attached to an aromatic ring is 1. The van der Waals surface area contributed by atoms with E-state index in [1.54, 1.807) is 32.3 Å². The van der Waals surface area contributed by atoms with Crippen LogP contribution in [0, 0.1) is 17.1 Å². The van der Waals surface area contributed by atoms with Crippen molar-refractivity contribution in [1.82, 2.24) is 14.8 Å². The maximum absolute atomic E-state index is 14.2. The van der Waals surface area contributed by atoms with Crippen LogP contribution in [0.15, 0.2) is 39.7 Å². The maximum Gasteiger partial charge on any atom is 0.253 e. The van der Waals surface area contributed by atoms with Crippen molar-refractivity contribution >= 4 is 22.4 Å². The van der Waals surface area contributed by atoms with Crippen LogP contribution in [0.25, 0.3) is 11.1 Å². The van der Waals surface area contributed by atoms with Gasteiger partial charge in [0.2, 0.25) is 0 Å². The number of nitriles is 1. The number of carbonyl (C=O) groups excluding carboxylic acids is 1. The predicted molar refractivity (Wildman–Crippen MR) is 128 cm³/mol. The van der Waals surface area contributed by atoms with Gasteiger partial charge in [-0.3, -0.25) is 9.48 Å². The molecule has 3 atom stereocenters. The number of benzene rings is 1. The molecule has 2 aliphatic heterocycles. The Kier molecular flexibility index (Phi) is 6.48. The third-order valence-corrected chi connectivity index (χ3v) is 7.86. The zero-order valence-corrected chi connectivity index (χ0v) is 20.2. The van der Waals surface area contributed by atoms with Gasteiger partial charge in [-0.2, -0.15) is 14.7 Å². The number of hydrogen-bond acceptors (Lipinski definition) is 6. The second kappa shape index (κ2) is 9.35. The molecule has 2 aromatic heterocycles. The largest absolute Gasteiger partial charge is 0.482 e. The van der Waals surface area contributed by atoms with Gasteiger partial charge < -0.3 is 10.5 Å². The lowest BCUT2D eigenvalue weighted by molar-refractivity contribution is -0.117. The zero-order valence-electron chi connectivity index (χ0n) is 19.4. The molecule has 4 heterocycles. The third kappa shape index (κ3) is 4.07. The summed E-state index contributed by atoms with van der Waals surface area (Å²) >= 11 is 0. The summed E-state index contributed by atoms with van der Waals surface area (Å²) in [5.41, 5.74) is 9.02. The average Bonchev–Trinajstić information content (AvgIpc) is 3.34. The Hall–Kier alpha value is -3.58. The molecule has 34 heavy (non-hydrogen) atoms. The van der Waals surface area contributed by atoms with Gasteiger partial charge in [0.25, 0.3) is 5.91 Å². The van der Waals surface area contributed by atoms with Gasteiger partial charge in [0.15, 0.2) is 11.6 Å². The second-order valence-corrected chi connectivity index (χ2v) is 9.70. The molecule has 0 saturated carbocycles. The monoisotopic (exact) mass is 480 g/mol. The number of nitrogens with two attached hydrogens (primary N) is 1. The first kappa shape index (κ1) is 23.6. The first-order valence-electron chi connectivity index (χ1n) is 11.0. The van der Waals surface area contributed by atoms with Crippen LogP contribution in [-0.4, -0.2) is 25.9 Å². The molecule has 1 aromatic carbocycles. The molecular weight excluding hydrogens is 455 g/mol. The number of anilines is 1. The Morgan fingerprint density at radius 1 is 1.29 bits per heavy atom. The number of amides is 1. The molecular formula is C24H25FN6O2S. The smallest absolute Gasteiger partial charge is 0.253 e. The highest BCUT2D eigenvalue weighted by Crippen LogP contribution is 2.38. The van der Waals surface area contributed by atoms with E-state index in [1.807, 2.05) is 13.8 Å². The van der Waals surface area contributed by atoms with Crippen molar-refractivity contribution in [1.29, 1.82) is 5.26 Å². The second-order valence-electron chi connectivity index (χ2n) is 7.79. The van der Waals surface area contributed by atoms with Gasteiger partial charge in [0, 0.05) is 52.9 Å². The quantitative estimate of drug-likeness (QED) is 0.514. The number of carbonyl (C=O) groups is 1. The first-order chi connectivity index (χ1) is 16.4. The minimum atomic E-state index is -0.805. The summed E-state index contributed by atoms with van der Waals surface area (Å²) < 4.78 is 26.2. The van der Waals surface area contributed by atoms with Crippen molar-refractivity contribution in [2.45, 2.75) is 49.9 Å². The van der Waals surface area contributed by atoms with Gasteiger partial charge in [-0.1, -0.05) is 24.5 Å². The Balaban J connectivity index is 0.00000133. The number of rotatable bonds is 0. The zero-order chi connectivity index (χ0) is 24.6. The van der Waals surface area contributed by atoms with E-state index in [-0.39, 0.29) is 23.4 Å². The minimum Gasteiger partial charge on any atom is -0.482 e. The van der Waals surface area contributed by atoms with Gasteiger partial charge in [-0.15, -0.1) is 0 Å². The fraction of sp³-hybridized carbons (Fsp3) is 0.333. The maximum atomic E-state index is 14.2. The minimum absolute atomic E-state index is 0.153. The Morgan fingerprint density at radius 3 is 2.79 bits per heavy atom. The van der Waals surface area contributed by atoms with E-state index in [2.05, 4.69) is 20.5 Å². The molecule has 0 aliphatic carbocycles. The first-order valence-corrected chi connectivity index (χ1v) is 12.3. The van der Waals surface area contributed by atoms with E-state index in [1.165, 1.54) is 16.8 Å². The van der Waals surface area contributed by atoms with Crippen LogP contribution in [0.5, 0.6) is 5.75 Å². The van der Waals surface area contributed by atoms with Crippen molar-refractivity contribution in [2.75, 3.05) is 5.73 Å². The number of ether oxygens (including phenoxy) is 1. The Morgan fingerprint density at radius 2 is 2.06 bits per heavy atom. The highest BCUT2D eigenvalue weighted by atomic mass is 32.2. The van der Waals surface area contributed by atoms with Crippen LogP contribution in [0.2, 0.25) is 0 Å².